The number of anilines is 1. The van der Waals surface area contributed by atoms with Crippen LogP contribution in [0.3, 0.4) is 0 Å². The molecule has 2 heterocycles. The lowest BCUT2D eigenvalue weighted by molar-refractivity contribution is 0.0780. The molecule has 1 aliphatic carbocycles. The van der Waals surface area contributed by atoms with Gasteiger partial charge in [0.05, 0.1) is 12.1 Å². The van der Waals surface area contributed by atoms with Crippen LogP contribution >= 0.6 is 0 Å². The minimum Gasteiger partial charge on any atom is -0.391 e. The van der Waals surface area contributed by atoms with Crippen LogP contribution in [0.25, 0.3) is 11.2 Å². The Morgan fingerprint density at radius 1 is 1.39 bits per heavy atom. The molecule has 2 aromatic heterocycles. The zero-order valence-corrected chi connectivity index (χ0v) is 10.5. The highest BCUT2D eigenvalue weighted by molar-refractivity contribution is 5.74. The molecule has 1 saturated carbocycles. The lowest BCUT2D eigenvalue weighted by Crippen LogP contribution is -2.28. The monoisotopic (exact) mass is 246 g/mol. The van der Waals surface area contributed by atoms with E-state index in [9.17, 15) is 5.11 Å². The molecule has 18 heavy (non-hydrogen) atoms. The number of imidazole rings is 1. The van der Waals surface area contributed by atoms with E-state index in [-0.39, 0.29) is 12.1 Å². The summed E-state index contributed by atoms with van der Waals surface area (Å²) in [6, 6.07) is 1.99. The fourth-order valence-corrected chi connectivity index (χ4v) is 2.82. The van der Waals surface area contributed by atoms with E-state index in [0.717, 1.165) is 42.4 Å². The molecule has 0 amide bonds. The lowest BCUT2D eigenvalue weighted by Gasteiger charge is -2.29. The maximum absolute atomic E-state index is 10.1. The number of aliphatic hydroxyl groups excluding tert-OH is 1. The number of nitrogen functional groups attached to an aromatic ring is 1. The van der Waals surface area contributed by atoms with Crippen LogP contribution in [0.5, 0.6) is 0 Å². The summed E-state index contributed by atoms with van der Waals surface area (Å²) in [6.45, 7) is 1.98. The van der Waals surface area contributed by atoms with E-state index < -0.39 is 0 Å². The van der Waals surface area contributed by atoms with E-state index >= 15 is 0 Å². The van der Waals surface area contributed by atoms with Crippen LogP contribution in [-0.4, -0.2) is 25.7 Å². The van der Waals surface area contributed by atoms with Gasteiger partial charge in [0, 0.05) is 6.20 Å². The Bertz CT molecular complexity index is 578. The number of hydrogen-bond acceptors (Lipinski definition) is 4. The minimum absolute atomic E-state index is 0.0129. The fourth-order valence-electron chi connectivity index (χ4n) is 2.82. The van der Waals surface area contributed by atoms with Gasteiger partial charge < -0.3 is 10.8 Å². The molecule has 2 atom stereocenters. The van der Waals surface area contributed by atoms with Crippen molar-refractivity contribution >= 4 is 17.1 Å². The van der Waals surface area contributed by atoms with Crippen molar-refractivity contribution < 1.29 is 5.11 Å². The summed E-state index contributed by atoms with van der Waals surface area (Å²) >= 11 is 0. The third kappa shape index (κ3) is 1.75. The number of aryl methyl sites for hydroxylation is 1. The lowest BCUT2D eigenvalue weighted by atomic mass is 9.92. The van der Waals surface area contributed by atoms with E-state index in [1.165, 1.54) is 0 Å². The van der Waals surface area contributed by atoms with Gasteiger partial charge in [0.2, 0.25) is 5.95 Å². The zero-order valence-electron chi connectivity index (χ0n) is 10.5. The Labute approximate surface area is 106 Å². The second kappa shape index (κ2) is 4.24. The quantitative estimate of drug-likeness (QED) is 0.804. The van der Waals surface area contributed by atoms with Crippen molar-refractivity contribution in [1.82, 2.24) is 14.5 Å². The van der Waals surface area contributed by atoms with Gasteiger partial charge in [-0.3, -0.25) is 4.57 Å². The number of nitrogens with two attached hydrogens (primary N) is 1. The number of hydrogen-bond donors (Lipinski definition) is 2. The fraction of sp³-hybridized carbons (Fsp3) is 0.538. The van der Waals surface area contributed by atoms with Gasteiger partial charge in [-0.05, 0) is 31.4 Å². The van der Waals surface area contributed by atoms with Gasteiger partial charge in [0.25, 0.3) is 0 Å². The van der Waals surface area contributed by atoms with Crippen molar-refractivity contribution in [2.24, 2.45) is 0 Å². The molecule has 2 aromatic rings. The summed E-state index contributed by atoms with van der Waals surface area (Å²) in [5.41, 5.74) is 8.66. The molecular weight excluding hydrogens is 228 g/mol. The van der Waals surface area contributed by atoms with Gasteiger partial charge >= 0.3 is 0 Å². The van der Waals surface area contributed by atoms with Gasteiger partial charge in [-0.25, -0.2) is 9.97 Å². The van der Waals surface area contributed by atoms with Gasteiger partial charge in [-0.15, -0.1) is 0 Å². The highest BCUT2D eigenvalue weighted by Gasteiger charge is 2.28. The third-order valence-corrected chi connectivity index (χ3v) is 3.72. The molecule has 0 spiro atoms. The molecular formula is C13H18N4O. The largest absolute Gasteiger partial charge is 0.391 e. The van der Waals surface area contributed by atoms with Crippen LogP contribution in [-0.2, 0) is 0 Å². The summed E-state index contributed by atoms with van der Waals surface area (Å²) < 4.78 is 1.90. The Kier molecular flexibility index (Phi) is 2.70. The SMILES string of the molecule is Cc1cnc2c(c1)nc(N)n2C1CCCCC1O. The molecule has 0 bridgehead atoms. The average molecular weight is 246 g/mol. The maximum Gasteiger partial charge on any atom is 0.202 e. The van der Waals surface area contributed by atoms with Crippen molar-refractivity contribution in [2.45, 2.75) is 44.8 Å². The van der Waals surface area contributed by atoms with Crippen LogP contribution in [0.1, 0.15) is 37.3 Å². The van der Waals surface area contributed by atoms with Crippen LogP contribution in [0.4, 0.5) is 5.95 Å². The molecule has 3 rings (SSSR count). The zero-order chi connectivity index (χ0) is 12.7. The van der Waals surface area contributed by atoms with Crippen LogP contribution in [0, 0.1) is 6.92 Å². The Balaban J connectivity index is 2.12. The van der Waals surface area contributed by atoms with E-state index in [4.69, 9.17) is 5.73 Å². The first-order valence-electron chi connectivity index (χ1n) is 6.45. The summed E-state index contributed by atoms with van der Waals surface area (Å²) in [5, 5.41) is 10.1. The third-order valence-electron chi connectivity index (χ3n) is 3.72. The first-order valence-corrected chi connectivity index (χ1v) is 6.45. The molecule has 96 valence electrons. The first kappa shape index (κ1) is 11.5. The van der Waals surface area contributed by atoms with Crippen molar-refractivity contribution in [2.75, 3.05) is 5.73 Å². The van der Waals surface area contributed by atoms with Crippen LogP contribution in [0.2, 0.25) is 0 Å². The summed E-state index contributed by atoms with van der Waals surface area (Å²) in [4.78, 5) is 8.77. The molecule has 0 aliphatic heterocycles. The van der Waals surface area contributed by atoms with E-state index in [2.05, 4.69) is 9.97 Å². The number of aliphatic hydroxyl groups is 1. The number of nitrogens with zero attached hydrogens (tertiary/aromatic N) is 3. The Morgan fingerprint density at radius 3 is 2.94 bits per heavy atom. The highest BCUT2D eigenvalue weighted by atomic mass is 16.3. The highest BCUT2D eigenvalue weighted by Crippen LogP contribution is 2.33. The smallest absolute Gasteiger partial charge is 0.202 e. The Hall–Kier alpha value is -1.62. The van der Waals surface area contributed by atoms with Gasteiger partial charge in [0.15, 0.2) is 5.65 Å². The number of pyridine rings is 1. The first-order chi connectivity index (χ1) is 8.66. The molecule has 1 fully saturated rings. The van der Waals surface area contributed by atoms with Gasteiger partial charge in [0.1, 0.15) is 5.52 Å². The molecule has 1 aliphatic rings. The van der Waals surface area contributed by atoms with E-state index in [0.29, 0.717) is 5.95 Å². The second-order valence-corrected chi connectivity index (χ2v) is 5.11. The number of rotatable bonds is 1. The van der Waals surface area contributed by atoms with Crippen molar-refractivity contribution in [3.05, 3.63) is 17.8 Å². The van der Waals surface area contributed by atoms with Gasteiger partial charge in [-0.2, -0.15) is 0 Å². The molecule has 3 N–H and O–H groups in total. The van der Waals surface area contributed by atoms with Crippen molar-refractivity contribution in [1.29, 1.82) is 0 Å². The van der Waals surface area contributed by atoms with Crippen LogP contribution < -0.4 is 5.73 Å². The summed E-state index contributed by atoms with van der Waals surface area (Å²) in [7, 11) is 0. The maximum atomic E-state index is 10.1. The van der Waals surface area contributed by atoms with Crippen molar-refractivity contribution in [3.63, 3.8) is 0 Å². The van der Waals surface area contributed by atoms with Crippen molar-refractivity contribution in [3.8, 4) is 0 Å². The van der Waals surface area contributed by atoms with E-state index in [1.54, 1.807) is 0 Å². The second-order valence-electron chi connectivity index (χ2n) is 5.11. The van der Waals surface area contributed by atoms with E-state index in [1.807, 2.05) is 23.8 Å². The summed E-state index contributed by atoms with van der Waals surface area (Å²) in [6.07, 6.45) is 5.43. The molecule has 2 unspecified atom stereocenters. The molecule has 0 aromatic carbocycles. The predicted octanol–water partition coefficient (Wildman–Crippen LogP) is 1.80. The topological polar surface area (TPSA) is 77.0 Å². The van der Waals surface area contributed by atoms with Gasteiger partial charge in [-0.1, -0.05) is 12.8 Å². The minimum atomic E-state index is -0.346. The average Bonchev–Trinajstić information content (AvgIpc) is 2.65. The predicted molar refractivity (Wildman–Crippen MR) is 70.2 cm³/mol. The molecule has 0 radical (unpaired) electrons. The van der Waals surface area contributed by atoms with Crippen LogP contribution in [0.15, 0.2) is 12.3 Å². The summed E-state index contributed by atoms with van der Waals surface area (Å²) in [5.74, 6) is 0.453. The molecule has 0 saturated heterocycles. The standard InChI is InChI=1S/C13H18N4O/c1-8-6-9-12(15-7-8)17(13(14)16-9)10-4-2-3-5-11(10)18/h6-7,10-11,18H,2-5H2,1H3,(H2,14,16). The Morgan fingerprint density at radius 2 is 2.17 bits per heavy atom. The normalized spacial score (nSPS) is 24.6. The number of fused-ring (bicyclic) bond motifs is 1. The molecule has 5 nitrogen and oxygen atoms in total. The number of aromatic nitrogens is 3. The molecule has 5 heteroatoms.